The monoisotopic (exact) mass is 329 g/mol. The van der Waals surface area contributed by atoms with Gasteiger partial charge < -0.3 is 9.84 Å². The highest BCUT2D eigenvalue weighted by atomic mass is 32.2. The number of benzene rings is 1. The molecule has 0 saturated carbocycles. The van der Waals surface area contributed by atoms with E-state index in [1.807, 2.05) is 13.8 Å². The summed E-state index contributed by atoms with van der Waals surface area (Å²) in [4.78, 5) is 11.3. The first-order valence-electron chi connectivity index (χ1n) is 7.06. The first-order valence-corrected chi connectivity index (χ1v) is 8.55. The average Bonchev–Trinajstić information content (AvgIpc) is 2.43. The Hall–Kier alpha value is -1.44. The summed E-state index contributed by atoms with van der Waals surface area (Å²) in [6.45, 7) is 4.00. The molecule has 0 heterocycles. The van der Waals surface area contributed by atoms with Crippen LogP contribution in [0.15, 0.2) is 29.2 Å². The second kappa shape index (κ2) is 8.26. The van der Waals surface area contributed by atoms with E-state index in [0.717, 1.165) is 5.56 Å². The number of carbonyl (C=O) groups is 1. The molecule has 0 radical (unpaired) electrons. The smallest absolute Gasteiger partial charge is 0.307 e. The Kier molecular flexibility index (Phi) is 6.99. The van der Waals surface area contributed by atoms with Crippen LogP contribution in [0.3, 0.4) is 0 Å². The van der Waals surface area contributed by atoms with E-state index in [1.165, 1.54) is 19.2 Å². The van der Waals surface area contributed by atoms with Crippen LogP contribution < -0.4 is 4.72 Å². The molecule has 0 fully saturated rings. The van der Waals surface area contributed by atoms with Crippen molar-refractivity contribution < 1.29 is 23.1 Å². The van der Waals surface area contributed by atoms with Crippen molar-refractivity contribution in [1.82, 2.24) is 4.72 Å². The predicted molar refractivity (Wildman–Crippen MR) is 82.9 cm³/mol. The van der Waals surface area contributed by atoms with Crippen LogP contribution in [-0.4, -0.2) is 33.1 Å². The molecule has 1 atom stereocenters. The van der Waals surface area contributed by atoms with E-state index in [1.54, 1.807) is 12.1 Å². The van der Waals surface area contributed by atoms with Crippen LogP contribution >= 0.6 is 0 Å². The number of carboxylic acid groups (broad SMARTS) is 1. The summed E-state index contributed by atoms with van der Waals surface area (Å²) < 4.78 is 31.9. The SMILES string of the molecule is COCc1cccc(S(=O)(=O)NCC(CC(C)C)C(=O)O)c1. The molecule has 0 spiro atoms. The lowest BCUT2D eigenvalue weighted by Gasteiger charge is -2.15. The highest BCUT2D eigenvalue weighted by molar-refractivity contribution is 7.89. The standard InChI is InChI=1S/C15H23NO5S/c1-11(2)7-13(15(17)18)9-16-22(19,20)14-6-4-5-12(8-14)10-21-3/h4-6,8,11,13,16H,7,9-10H2,1-3H3,(H,17,18). The van der Waals surface area contributed by atoms with Crippen molar-refractivity contribution in [3.63, 3.8) is 0 Å². The maximum absolute atomic E-state index is 12.3. The first-order chi connectivity index (χ1) is 10.3. The number of carboxylic acids is 1. The van der Waals surface area contributed by atoms with Crippen LogP contribution in [0.25, 0.3) is 0 Å². The maximum atomic E-state index is 12.3. The molecular weight excluding hydrogens is 306 g/mol. The molecule has 0 amide bonds. The van der Waals surface area contributed by atoms with Crippen molar-refractivity contribution in [2.75, 3.05) is 13.7 Å². The molecule has 0 bridgehead atoms. The fourth-order valence-corrected chi connectivity index (χ4v) is 3.25. The minimum absolute atomic E-state index is 0.107. The molecule has 1 rings (SSSR count). The summed E-state index contributed by atoms with van der Waals surface area (Å²) in [6, 6.07) is 6.39. The molecule has 0 saturated heterocycles. The lowest BCUT2D eigenvalue weighted by Crippen LogP contribution is -2.33. The van der Waals surface area contributed by atoms with Gasteiger partial charge in [0.05, 0.1) is 17.4 Å². The first kappa shape index (κ1) is 18.6. The molecule has 1 aromatic rings. The normalized spacial score (nSPS) is 13.3. The number of hydrogen-bond donors (Lipinski definition) is 2. The minimum atomic E-state index is -3.73. The summed E-state index contributed by atoms with van der Waals surface area (Å²) in [5, 5.41) is 9.15. The van der Waals surface area contributed by atoms with Crippen molar-refractivity contribution in [2.24, 2.45) is 11.8 Å². The molecule has 0 aliphatic heterocycles. The van der Waals surface area contributed by atoms with Crippen LogP contribution in [0.2, 0.25) is 0 Å². The molecule has 0 aliphatic rings. The highest BCUT2D eigenvalue weighted by Crippen LogP contribution is 2.15. The number of sulfonamides is 1. The van der Waals surface area contributed by atoms with Gasteiger partial charge in [-0.1, -0.05) is 26.0 Å². The fourth-order valence-electron chi connectivity index (χ4n) is 2.10. The van der Waals surface area contributed by atoms with Gasteiger partial charge in [0, 0.05) is 13.7 Å². The van der Waals surface area contributed by atoms with Gasteiger partial charge in [0.2, 0.25) is 10.0 Å². The number of hydrogen-bond acceptors (Lipinski definition) is 4. The fraction of sp³-hybridized carbons (Fsp3) is 0.533. The minimum Gasteiger partial charge on any atom is -0.481 e. The largest absolute Gasteiger partial charge is 0.481 e. The highest BCUT2D eigenvalue weighted by Gasteiger charge is 2.22. The van der Waals surface area contributed by atoms with Gasteiger partial charge in [0.15, 0.2) is 0 Å². The topological polar surface area (TPSA) is 92.7 Å². The average molecular weight is 329 g/mol. The van der Waals surface area contributed by atoms with E-state index in [9.17, 15) is 13.2 Å². The molecule has 7 heteroatoms. The summed E-state index contributed by atoms with van der Waals surface area (Å²) in [5.41, 5.74) is 0.738. The van der Waals surface area contributed by atoms with Crippen molar-refractivity contribution in [3.8, 4) is 0 Å². The quantitative estimate of drug-likeness (QED) is 0.721. The Bertz CT molecular complexity index is 598. The molecule has 124 valence electrons. The van der Waals surface area contributed by atoms with Crippen molar-refractivity contribution >= 4 is 16.0 Å². The lowest BCUT2D eigenvalue weighted by molar-refractivity contribution is -0.142. The van der Waals surface area contributed by atoms with Crippen molar-refractivity contribution in [1.29, 1.82) is 0 Å². The third-order valence-electron chi connectivity index (χ3n) is 3.14. The van der Waals surface area contributed by atoms with E-state index in [4.69, 9.17) is 9.84 Å². The molecule has 1 unspecified atom stereocenters. The number of nitrogens with one attached hydrogen (secondary N) is 1. The Morgan fingerprint density at radius 3 is 2.59 bits per heavy atom. The van der Waals surface area contributed by atoms with E-state index in [-0.39, 0.29) is 17.4 Å². The molecule has 2 N–H and O–H groups in total. The Morgan fingerprint density at radius 2 is 2.05 bits per heavy atom. The maximum Gasteiger partial charge on any atom is 0.307 e. The second-order valence-corrected chi connectivity index (χ2v) is 7.36. The molecule has 0 aromatic heterocycles. The number of ether oxygens (including phenoxy) is 1. The van der Waals surface area contributed by atoms with Gasteiger partial charge >= 0.3 is 5.97 Å². The van der Waals surface area contributed by atoms with Gasteiger partial charge in [-0.25, -0.2) is 13.1 Å². The van der Waals surface area contributed by atoms with Gasteiger partial charge in [-0.05, 0) is 30.0 Å². The van der Waals surface area contributed by atoms with E-state index < -0.39 is 21.9 Å². The van der Waals surface area contributed by atoms with E-state index >= 15 is 0 Å². The predicted octanol–water partition coefficient (Wildman–Crippen LogP) is 1.86. The van der Waals surface area contributed by atoms with Gasteiger partial charge in [-0.3, -0.25) is 4.79 Å². The lowest BCUT2D eigenvalue weighted by atomic mass is 9.98. The van der Waals surface area contributed by atoms with Gasteiger partial charge in [0.1, 0.15) is 0 Å². The zero-order valence-electron chi connectivity index (χ0n) is 13.1. The summed E-state index contributed by atoms with van der Waals surface area (Å²) in [7, 11) is -2.20. The zero-order chi connectivity index (χ0) is 16.8. The van der Waals surface area contributed by atoms with Crippen LogP contribution in [-0.2, 0) is 26.2 Å². The molecule has 6 nitrogen and oxygen atoms in total. The van der Waals surface area contributed by atoms with E-state index in [2.05, 4.69) is 4.72 Å². The molecule has 22 heavy (non-hydrogen) atoms. The summed E-state index contributed by atoms with van der Waals surface area (Å²) >= 11 is 0. The third kappa shape index (κ3) is 5.75. The molecule has 0 aliphatic carbocycles. The Morgan fingerprint density at radius 1 is 1.36 bits per heavy atom. The van der Waals surface area contributed by atoms with E-state index in [0.29, 0.717) is 13.0 Å². The third-order valence-corrected chi connectivity index (χ3v) is 4.57. The summed E-state index contributed by atoms with van der Waals surface area (Å²) in [6.07, 6.45) is 0.418. The number of aliphatic carboxylic acids is 1. The van der Waals surface area contributed by atoms with Crippen LogP contribution in [0.4, 0.5) is 0 Å². The summed E-state index contributed by atoms with van der Waals surface area (Å²) in [5.74, 6) is -1.56. The molecular formula is C15H23NO5S. The van der Waals surface area contributed by atoms with Gasteiger partial charge in [0.25, 0.3) is 0 Å². The number of rotatable bonds is 9. The van der Waals surface area contributed by atoms with Gasteiger partial charge in [-0.15, -0.1) is 0 Å². The number of methoxy groups -OCH3 is 1. The Balaban J connectivity index is 2.82. The van der Waals surface area contributed by atoms with Gasteiger partial charge in [-0.2, -0.15) is 0 Å². The van der Waals surface area contributed by atoms with Crippen LogP contribution in [0.5, 0.6) is 0 Å². The van der Waals surface area contributed by atoms with Crippen LogP contribution in [0.1, 0.15) is 25.8 Å². The molecule has 1 aromatic carbocycles. The van der Waals surface area contributed by atoms with Crippen LogP contribution in [0, 0.1) is 11.8 Å². The zero-order valence-corrected chi connectivity index (χ0v) is 13.9. The second-order valence-electron chi connectivity index (χ2n) is 5.60. The Labute approximate surface area is 131 Å². The van der Waals surface area contributed by atoms with Crippen molar-refractivity contribution in [2.45, 2.75) is 31.8 Å². The van der Waals surface area contributed by atoms with Crippen molar-refractivity contribution in [3.05, 3.63) is 29.8 Å².